The lowest BCUT2D eigenvalue weighted by atomic mass is 10.4. The average Bonchev–Trinajstić information content (AvgIpc) is 1.82. The largest absolute Gasteiger partial charge is 0.384 e. The minimum absolute atomic E-state index is 0.133. The van der Waals surface area contributed by atoms with Crippen LogP contribution in [0.1, 0.15) is 20.8 Å². The molecule has 0 aromatic carbocycles. The van der Waals surface area contributed by atoms with E-state index in [4.69, 9.17) is 0 Å². The summed E-state index contributed by atoms with van der Waals surface area (Å²) in [6.45, 7) is 5.29. The smallest absolute Gasteiger partial charge is 0.258 e. The van der Waals surface area contributed by atoms with Gasteiger partial charge in [0.05, 0.1) is 11.1 Å². The summed E-state index contributed by atoms with van der Waals surface area (Å²) in [5, 5.41) is 12.8. The summed E-state index contributed by atoms with van der Waals surface area (Å²) in [7, 11) is 0. The third-order valence-electron chi connectivity index (χ3n) is 0.914. The Kier molecular flexibility index (Phi) is 3.46. The van der Waals surface area contributed by atoms with Crippen LogP contribution in [-0.2, 0) is 0 Å². The van der Waals surface area contributed by atoms with Crippen molar-refractivity contribution in [1.82, 2.24) is 5.32 Å². The number of allylic oxidation sites excluding steroid dienone is 1. The normalized spacial score (nSPS) is 11.8. The van der Waals surface area contributed by atoms with Crippen molar-refractivity contribution < 1.29 is 4.92 Å². The third-order valence-corrected chi connectivity index (χ3v) is 0.914. The topological polar surface area (TPSA) is 55.2 Å². The highest BCUT2D eigenvalue weighted by Gasteiger charge is 1.99. The fraction of sp³-hybridized carbons (Fsp3) is 0.667. The van der Waals surface area contributed by atoms with E-state index in [0.717, 1.165) is 0 Å². The second kappa shape index (κ2) is 3.87. The van der Waals surface area contributed by atoms with Crippen LogP contribution in [0.5, 0.6) is 0 Å². The molecule has 4 heteroatoms. The molecule has 0 aliphatic rings. The Morgan fingerprint density at radius 3 is 2.50 bits per heavy atom. The second-order valence-electron chi connectivity index (χ2n) is 2.36. The summed E-state index contributed by atoms with van der Waals surface area (Å²) in [6, 6.07) is 0.245. The number of rotatable bonds is 3. The molecule has 0 fully saturated rings. The molecule has 0 spiro atoms. The molecular formula is C6H12N2O2. The summed E-state index contributed by atoms with van der Waals surface area (Å²) in [6.07, 6.45) is 1.41. The summed E-state index contributed by atoms with van der Waals surface area (Å²) in [4.78, 5) is 9.59. The Bertz CT molecular complexity index is 152. The molecule has 1 N–H and O–H groups in total. The Morgan fingerprint density at radius 1 is 1.70 bits per heavy atom. The van der Waals surface area contributed by atoms with E-state index in [1.54, 1.807) is 0 Å². The number of nitrogens with zero attached hydrogens (tertiary/aromatic N) is 1. The quantitative estimate of drug-likeness (QED) is 0.477. The third kappa shape index (κ3) is 3.88. The number of nitrogens with one attached hydrogen (secondary N) is 1. The van der Waals surface area contributed by atoms with Gasteiger partial charge in [-0.15, -0.1) is 0 Å². The molecule has 0 heterocycles. The van der Waals surface area contributed by atoms with Crippen molar-refractivity contribution >= 4 is 0 Å². The van der Waals surface area contributed by atoms with Gasteiger partial charge in [-0.05, 0) is 13.8 Å². The Labute approximate surface area is 60.1 Å². The average molecular weight is 144 g/mol. The van der Waals surface area contributed by atoms with Crippen LogP contribution in [0.15, 0.2) is 11.9 Å². The van der Waals surface area contributed by atoms with E-state index in [1.165, 1.54) is 13.1 Å². The summed E-state index contributed by atoms with van der Waals surface area (Å²) < 4.78 is 0. The molecule has 0 bridgehead atoms. The molecule has 0 rings (SSSR count). The molecule has 0 saturated carbocycles. The zero-order chi connectivity index (χ0) is 8.15. The molecule has 0 radical (unpaired) electrons. The van der Waals surface area contributed by atoms with Gasteiger partial charge >= 0.3 is 0 Å². The first-order valence-electron chi connectivity index (χ1n) is 3.11. The molecule has 10 heavy (non-hydrogen) atoms. The zero-order valence-corrected chi connectivity index (χ0v) is 6.42. The monoisotopic (exact) mass is 144 g/mol. The Morgan fingerprint density at radius 2 is 2.20 bits per heavy atom. The van der Waals surface area contributed by atoms with Crippen LogP contribution in [0.25, 0.3) is 0 Å². The van der Waals surface area contributed by atoms with Crippen molar-refractivity contribution in [1.29, 1.82) is 0 Å². The van der Waals surface area contributed by atoms with Gasteiger partial charge in [-0.3, -0.25) is 10.1 Å². The highest BCUT2D eigenvalue weighted by Crippen LogP contribution is 1.90. The molecule has 0 aliphatic carbocycles. The van der Waals surface area contributed by atoms with Gasteiger partial charge in [-0.25, -0.2) is 0 Å². The van der Waals surface area contributed by atoms with Gasteiger partial charge in [-0.1, -0.05) is 0 Å². The summed E-state index contributed by atoms with van der Waals surface area (Å²) >= 11 is 0. The van der Waals surface area contributed by atoms with Gasteiger partial charge in [0.25, 0.3) is 5.70 Å². The maximum Gasteiger partial charge on any atom is 0.258 e. The Hall–Kier alpha value is -1.06. The van der Waals surface area contributed by atoms with Crippen LogP contribution in [0.4, 0.5) is 0 Å². The summed E-state index contributed by atoms with van der Waals surface area (Å²) in [5.74, 6) is 0. The van der Waals surface area contributed by atoms with E-state index in [0.29, 0.717) is 0 Å². The SMILES string of the molecule is C/C(=C\NC(C)C)[N+](=O)[O-]. The van der Waals surface area contributed by atoms with E-state index >= 15 is 0 Å². The molecule has 0 aliphatic heterocycles. The molecule has 0 saturated heterocycles. The van der Waals surface area contributed by atoms with Crippen molar-refractivity contribution in [3.05, 3.63) is 22.0 Å². The molecule has 0 aromatic rings. The van der Waals surface area contributed by atoms with E-state index in [-0.39, 0.29) is 11.7 Å². The number of hydrogen-bond acceptors (Lipinski definition) is 3. The molecule has 0 atom stereocenters. The minimum Gasteiger partial charge on any atom is -0.384 e. The fourth-order valence-electron chi connectivity index (χ4n) is 0.340. The van der Waals surface area contributed by atoms with Crippen LogP contribution in [0.2, 0.25) is 0 Å². The maximum atomic E-state index is 10.0. The molecular weight excluding hydrogens is 132 g/mol. The van der Waals surface area contributed by atoms with Gasteiger partial charge in [0.2, 0.25) is 0 Å². The lowest BCUT2D eigenvalue weighted by Crippen LogP contribution is -2.17. The minimum atomic E-state index is -0.421. The molecule has 0 unspecified atom stereocenters. The van der Waals surface area contributed by atoms with Gasteiger partial charge in [0, 0.05) is 13.0 Å². The van der Waals surface area contributed by atoms with Crippen molar-refractivity contribution in [3.63, 3.8) is 0 Å². The van der Waals surface area contributed by atoms with Gasteiger partial charge in [-0.2, -0.15) is 0 Å². The lowest BCUT2D eigenvalue weighted by molar-refractivity contribution is -0.424. The number of nitro groups is 1. The van der Waals surface area contributed by atoms with E-state index in [9.17, 15) is 10.1 Å². The van der Waals surface area contributed by atoms with Crippen LogP contribution >= 0.6 is 0 Å². The highest BCUT2D eigenvalue weighted by atomic mass is 16.6. The predicted molar refractivity (Wildman–Crippen MR) is 39.0 cm³/mol. The van der Waals surface area contributed by atoms with Crippen LogP contribution in [0.3, 0.4) is 0 Å². The highest BCUT2D eigenvalue weighted by molar-refractivity contribution is 4.85. The predicted octanol–water partition coefficient (Wildman–Crippen LogP) is 1.12. The lowest BCUT2D eigenvalue weighted by Gasteiger charge is -2.01. The summed E-state index contributed by atoms with van der Waals surface area (Å²) in [5.41, 5.74) is 0.133. The van der Waals surface area contributed by atoms with Crippen molar-refractivity contribution in [2.75, 3.05) is 0 Å². The molecule has 58 valence electrons. The van der Waals surface area contributed by atoms with E-state index < -0.39 is 4.92 Å². The fourth-order valence-corrected chi connectivity index (χ4v) is 0.340. The first kappa shape index (κ1) is 8.94. The van der Waals surface area contributed by atoms with Crippen LogP contribution in [-0.4, -0.2) is 11.0 Å². The van der Waals surface area contributed by atoms with Crippen LogP contribution < -0.4 is 5.32 Å². The van der Waals surface area contributed by atoms with Gasteiger partial charge in [0.1, 0.15) is 0 Å². The molecule has 4 nitrogen and oxygen atoms in total. The first-order valence-corrected chi connectivity index (χ1v) is 3.11. The van der Waals surface area contributed by atoms with Crippen LogP contribution in [0, 0.1) is 10.1 Å². The molecule has 0 amide bonds. The maximum absolute atomic E-state index is 10.0. The second-order valence-corrected chi connectivity index (χ2v) is 2.36. The standard InChI is InChI=1S/C6H12N2O2/c1-5(2)7-4-6(3)8(9)10/h4-5,7H,1-3H3/b6-4+. The van der Waals surface area contributed by atoms with E-state index in [2.05, 4.69) is 5.32 Å². The van der Waals surface area contributed by atoms with E-state index in [1.807, 2.05) is 13.8 Å². The zero-order valence-electron chi connectivity index (χ0n) is 6.42. The Balaban J connectivity index is 3.81. The van der Waals surface area contributed by atoms with Crippen molar-refractivity contribution in [2.45, 2.75) is 26.8 Å². The number of hydrogen-bond donors (Lipinski definition) is 1. The first-order chi connectivity index (χ1) is 4.54. The van der Waals surface area contributed by atoms with Crippen molar-refractivity contribution in [3.8, 4) is 0 Å². The molecule has 0 aromatic heterocycles. The van der Waals surface area contributed by atoms with Gasteiger partial charge in [0.15, 0.2) is 0 Å². The van der Waals surface area contributed by atoms with Gasteiger partial charge < -0.3 is 5.32 Å². The van der Waals surface area contributed by atoms with Crippen molar-refractivity contribution in [2.24, 2.45) is 0 Å².